The second kappa shape index (κ2) is 14.6. The first-order chi connectivity index (χ1) is 31.7. The van der Waals surface area contributed by atoms with Crippen molar-refractivity contribution in [3.05, 3.63) is 259 Å². The lowest BCUT2D eigenvalue weighted by Gasteiger charge is -2.34. The summed E-state index contributed by atoms with van der Waals surface area (Å²) in [5.41, 5.74) is 16.8. The Morgan fingerprint density at radius 2 is 0.922 bits per heavy atom. The number of para-hydroxylation sites is 1. The van der Waals surface area contributed by atoms with Crippen LogP contribution in [0.25, 0.3) is 75.5 Å². The number of benzene rings is 10. The number of fused-ring (bicyclic) bond motifs is 9. The van der Waals surface area contributed by atoms with Gasteiger partial charge in [0.25, 0.3) is 0 Å². The van der Waals surface area contributed by atoms with Gasteiger partial charge in [0.15, 0.2) is 0 Å². The molecule has 0 radical (unpaired) electrons. The van der Waals surface area contributed by atoms with E-state index in [1.807, 2.05) is 17.4 Å². The molecule has 10 aromatic carbocycles. The minimum absolute atomic E-state index is 0.514. The largest absolute Gasteiger partial charge is 0.456 e. The SMILES string of the molecule is c1ccc(C2(c3ccccc3)c3ccccc3-c3c(N(c4ccc(-c5ccc(-c6ccc7sc8ccccc8c7c6)cc5)cc4)c4ccc5oc6ccccc6c5c4)cccc32)cc1. The van der Waals surface area contributed by atoms with Gasteiger partial charge in [0.2, 0.25) is 0 Å². The predicted octanol–water partition coefficient (Wildman–Crippen LogP) is 17.1. The molecule has 13 rings (SSSR count). The Bertz CT molecular complexity index is 3670. The number of anilines is 3. The number of rotatable bonds is 7. The fraction of sp³-hybridized carbons (Fsp3) is 0.0164. The molecule has 2 aromatic heterocycles. The maximum absolute atomic E-state index is 6.36. The van der Waals surface area contributed by atoms with Gasteiger partial charge in [0, 0.05) is 47.9 Å². The maximum Gasteiger partial charge on any atom is 0.135 e. The van der Waals surface area contributed by atoms with Crippen molar-refractivity contribution in [1.82, 2.24) is 0 Å². The van der Waals surface area contributed by atoms with Crippen molar-refractivity contribution in [3.8, 4) is 33.4 Å². The van der Waals surface area contributed by atoms with E-state index in [-0.39, 0.29) is 0 Å². The van der Waals surface area contributed by atoms with E-state index in [1.54, 1.807) is 0 Å². The van der Waals surface area contributed by atoms with Crippen molar-refractivity contribution in [2.24, 2.45) is 0 Å². The molecule has 2 nitrogen and oxygen atoms in total. The van der Waals surface area contributed by atoms with Gasteiger partial charge in [-0.15, -0.1) is 11.3 Å². The lowest BCUT2D eigenvalue weighted by Crippen LogP contribution is -2.28. The first-order valence-corrected chi connectivity index (χ1v) is 22.7. The molecule has 0 aliphatic heterocycles. The van der Waals surface area contributed by atoms with Crippen molar-refractivity contribution in [1.29, 1.82) is 0 Å². The van der Waals surface area contributed by atoms with Crippen LogP contribution in [0.5, 0.6) is 0 Å². The number of furan rings is 1. The van der Waals surface area contributed by atoms with Crippen LogP contribution < -0.4 is 4.90 Å². The van der Waals surface area contributed by atoms with Crippen LogP contribution in [-0.4, -0.2) is 0 Å². The Hall–Kier alpha value is -7.98. The third-order valence-corrected chi connectivity index (χ3v) is 14.5. The van der Waals surface area contributed by atoms with Gasteiger partial charge in [0.05, 0.1) is 11.1 Å². The molecular formula is C61H39NOS. The molecule has 1 aliphatic rings. The van der Waals surface area contributed by atoms with Gasteiger partial charge < -0.3 is 9.32 Å². The second-order valence-electron chi connectivity index (χ2n) is 16.8. The number of hydrogen-bond donors (Lipinski definition) is 0. The summed E-state index contributed by atoms with van der Waals surface area (Å²) in [6.45, 7) is 0. The minimum Gasteiger partial charge on any atom is -0.456 e. The normalized spacial score (nSPS) is 12.8. The smallest absolute Gasteiger partial charge is 0.135 e. The Balaban J connectivity index is 0.963. The molecule has 0 bridgehead atoms. The Labute approximate surface area is 375 Å². The highest BCUT2D eigenvalue weighted by Gasteiger charge is 2.47. The summed E-state index contributed by atoms with van der Waals surface area (Å²) in [6.07, 6.45) is 0. The monoisotopic (exact) mass is 833 g/mol. The van der Waals surface area contributed by atoms with Crippen LogP contribution in [-0.2, 0) is 5.41 Å². The third kappa shape index (κ3) is 5.58. The summed E-state index contributed by atoms with van der Waals surface area (Å²) < 4.78 is 9.01. The van der Waals surface area contributed by atoms with Crippen molar-refractivity contribution >= 4 is 70.5 Å². The summed E-state index contributed by atoms with van der Waals surface area (Å²) >= 11 is 1.86. The molecule has 0 saturated carbocycles. The number of nitrogens with zero attached hydrogens (tertiary/aromatic N) is 1. The van der Waals surface area contributed by atoms with Crippen molar-refractivity contribution in [2.45, 2.75) is 5.41 Å². The van der Waals surface area contributed by atoms with Gasteiger partial charge in [-0.1, -0.05) is 176 Å². The van der Waals surface area contributed by atoms with E-state index in [0.29, 0.717) is 0 Å². The van der Waals surface area contributed by atoms with E-state index in [2.05, 4.69) is 235 Å². The van der Waals surface area contributed by atoms with E-state index >= 15 is 0 Å². The molecule has 0 saturated heterocycles. The van der Waals surface area contributed by atoms with E-state index < -0.39 is 5.41 Å². The van der Waals surface area contributed by atoms with Crippen LogP contribution in [0.2, 0.25) is 0 Å². The average Bonchev–Trinajstić information content (AvgIpc) is 4.03. The summed E-state index contributed by atoms with van der Waals surface area (Å²) in [4.78, 5) is 2.44. The quantitative estimate of drug-likeness (QED) is 0.159. The van der Waals surface area contributed by atoms with Crippen molar-refractivity contribution in [3.63, 3.8) is 0 Å². The fourth-order valence-electron chi connectivity index (χ4n) is 10.5. The van der Waals surface area contributed by atoms with E-state index in [0.717, 1.165) is 39.0 Å². The highest BCUT2D eigenvalue weighted by atomic mass is 32.1. The Morgan fingerprint density at radius 1 is 0.359 bits per heavy atom. The number of hydrogen-bond acceptors (Lipinski definition) is 3. The molecule has 64 heavy (non-hydrogen) atoms. The van der Waals surface area contributed by atoms with Gasteiger partial charge >= 0.3 is 0 Å². The molecular weight excluding hydrogens is 795 g/mol. The molecule has 12 aromatic rings. The first kappa shape index (κ1) is 36.7. The predicted molar refractivity (Wildman–Crippen MR) is 269 cm³/mol. The molecule has 3 heteroatoms. The first-order valence-electron chi connectivity index (χ1n) is 21.9. The summed E-state index contributed by atoms with van der Waals surface area (Å²) in [5.74, 6) is 0. The van der Waals surface area contributed by atoms with Crippen LogP contribution in [0.1, 0.15) is 22.3 Å². The molecule has 0 amide bonds. The lowest BCUT2D eigenvalue weighted by molar-refractivity contribution is 0.669. The Morgan fingerprint density at radius 3 is 1.69 bits per heavy atom. The van der Waals surface area contributed by atoms with Crippen LogP contribution in [0.4, 0.5) is 17.1 Å². The second-order valence-corrected chi connectivity index (χ2v) is 17.9. The third-order valence-electron chi connectivity index (χ3n) is 13.4. The standard InChI is InChI=1S/C61H39NOS/c1-3-14-44(15-4-1)61(45-16-5-2-6-17-45)53-21-10-7-20-50(53)60-54(61)22-13-23-55(60)62(47-35-36-57-51(39-47)48-18-8-11-24-56(48)63-57)46-33-30-41(31-34-46)40-26-28-42(29-27-40)43-32-37-59-52(38-43)49-19-9-12-25-58(49)64-59/h1-39H. The molecule has 0 N–H and O–H groups in total. The van der Waals surface area contributed by atoms with Crippen LogP contribution >= 0.6 is 11.3 Å². The molecule has 0 atom stereocenters. The van der Waals surface area contributed by atoms with Crippen LogP contribution in [0.3, 0.4) is 0 Å². The number of thiophene rings is 1. The zero-order valence-corrected chi connectivity index (χ0v) is 35.6. The van der Waals surface area contributed by atoms with Gasteiger partial charge in [-0.25, -0.2) is 0 Å². The van der Waals surface area contributed by atoms with E-state index in [9.17, 15) is 0 Å². The van der Waals surface area contributed by atoms with Gasteiger partial charge in [-0.05, 0) is 111 Å². The van der Waals surface area contributed by atoms with Gasteiger partial charge in [-0.3, -0.25) is 0 Å². The molecule has 0 spiro atoms. The maximum atomic E-state index is 6.36. The van der Waals surface area contributed by atoms with E-state index in [1.165, 1.54) is 75.8 Å². The summed E-state index contributed by atoms with van der Waals surface area (Å²) in [5, 5.41) is 4.85. The summed E-state index contributed by atoms with van der Waals surface area (Å²) in [6, 6.07) is 86.6. The summed E-state index contributed by atoms with van der Waals surface area (Å²) in [7, 11) is 0. The highest BCUT2D eigenvalue weighted by molar-refractivity contribution is 7.25. The lowest BCUT2D eigenvalue weighted by atomic mass is 9.68. The van der Waals surface area contributed by atoms with Gasteiger partial charge in [-0.2, -0.15) is 0 Å². The van der Waals surface area contributed by atoms with Gasteiger partial charge in [0.1, 0.15) is 11.2 Å². The molecule has 1 aliphatic carbocycles. The van der Waals surface area contributed by atoms with E-state index in [4.69, 9.17) is 4.42 Å². The van der Waals surface area contributed by atoms with Crippen molar-refractivity contribution < 1.29 is 4.42 Å². The fourth-order valence-corrected chi connectivity index (χ4v) is 11.6. The average molecular weight is 834 g/mol. The van der Waals surface area contributed by atoms with Crippen molar-refractivity contribution in [2.75, 3.05) is 4.90 Å². The van der Waals surface area contributed by atoms with Crippen LogP contribution in [0, 0.1) is 0 Å². The zero-order valence-electron chi connectivity index (χ0n) is 34.8. The Kier molecular flexibility index (Phi) is 8.34. The molecule has 0 fully saturated rings. The molecule has 2 heterocycles. The van der Waals surface area contributed by atoms with Crippen LogP contribution in [0.15, 0.2) is 241 Å². The minimum atomic E-state index is -0.514. The highest BCUT2D eigenvalue weighted by Crippen LogP contribution is 2.59. The zero-order chi connectivity index (χ0) is 42.2. The molecule has 300 valence electrons. The molecule has 0 unspecified atom stereocenters. The topological polar surface area (TPSA) is 16.4 Å².